The summed E-state index contributed by atoms with van der Waals surface area (Å²) in [6, 6.07) is 13.1. The largest absolute Gasteiger partial charge is 0.351 e. The third kappa shape index (κ3) is 7.61. The number of hydrogen-bond donors (Lipinski definition) is 2. The maximum atomic E-state index is 13.1. The van der Waals surface area contributed by atoms with Crippen molar-refractivity contribution < 1.29 is 4.79 Å². The van der Waals surface area contributed by atoms with Crippen molar-refractivity contribution in [2.24, 2.45) is 5.92 Å². The predicted molar refractivity (Wildman–Crippen MR) is 156 cm³/mol. The monoisotopic (exact) mass is 560 g/mol. The Hall–Kier alpha value is -2.31. The molecule has 0 spiro atoms. The van der Waals surface area contributed by atoms with Gasteiger partial charge in [0.05, 0.1) is 16.4 Å². The van der Waals surface area contributed by atoms with Crippen LogP contribution in [0.2, 0.25) is 15.1 Å². The van der Waals surface area contributed by atoms with Crippen molar-refractivity contribution in [2.75, 3.05) is 13.1 Å². The number of aromatic nitrogens is 2. The van der Waals surface area contributed by atoms with Gasteiger partial charge in [-0.2, -0.15) is 5.10 Å². The first-order valence-electron chi connectivity index (χ1n) is 12.7. The van der Waals surface area contributed by atoms with E-state index in [-0.39, 0.29) is 5.91 Å². The summed E-state index contributed by atoms with van der Waals surface area (Å²) in [6.07, 6.45) is 5.98. The number of unbranched alkanes of at least 4 members (excludes halogenated alkanes) is 1. The molecule has 5 nitrogen and oxygen atoms in total. The summed E-state index contributed by atoms with van der Waals surface area (Å²) in [6.45, 7) is 11.7. The summed E-state index contributed by atoms with van der Waals surface area (Å²) in [5.74, 6) is 0.383. The smallest absolute Gasteiger partial charge is 0.272 e. The van der Waals surface area contributed by atoms with Gasteiger partial charge >= 0.3 is 0 Å². The summed E-state index contributed by atoms with van der Waals surface area (Å²) in [7, 11) is 0. The highest BCUT2D eigenvalue weighted by atomic mass is 35.5. The molecule has 1 aromatic heterocycles. The maximum absolute atomic E-state index is 13.1. The van der Waals surface area contributed by atoms with Gasteiger partial charge in [-0.3, -0.25) is 4.79 Å². The Labute approximate surface area is 235 Å². The minimum Gasteiger partial charge on any atom is -0.351 e. The number of amides is 1. The number of rotatable bonds is 13. The molecule has 0 aliphatic carbocycles. The van der Waals surface area contributed by atoms with Crippen LogP contribution in [0, 0.1) is 12.8 Å². The van der Waals surface area contributed by atoms with Crippen LogP contribution in [0.25, 0.3) is 16.9 Å². The number of nitrogens with one attached hydrogen (secondary N) is 2. The first-order chi connectivity index (χ1) is 17.8. The van der Waals surface area contributed by atoms with Gasteiger partial charge < -0.3 is 10.6 Å². The van der Waals surface area contributed by atoms with E-state index in [0.717, 1.165) is 49.0 Å². The van der Waals surface area contributed by atoms with Crippen LogP contribution in [0.15, 0.2) is 55.1 Å². The van der Waals surface area contributed by atoms with Crippen molar-refractivity contribution in [3.8, 4) is 16.9 Å². The quantitative estimate of drug-likeness (QED) is 0.165. The van der Waals surface area contributed by atoms with Crippen LogP contribution in [0.3, 0.4) is 0 Å². The Morgan fingerprint density at radius 2 is 1.76 bits per heavy atom. The highest BCUT2D eigenvalue weighted by Gasteiger charge is 2.23. The lowest BCUT2D eigenvalue weighted by molar-refractivity contribution is 0.0947. The number of allylic oxidation sites excluding steroid dienone is 1. The van der Waals surface area contributed by atoms with Crippen LogP contribution >= 0.6 is 34.8 Å². The molecule has 0 aliphatic heterocycles. The molecule has 1 amide bonds. The van der Waals surface area contributed by atoms with E-state index in [0.29, 0.717) is 45.0 Å². The highest BCUT2D eigenvalue weighted by Crippen LogP contribution is 2.33. The van der Waals surface area contributed by atoms with Crippen LogP contribution in [-0.2, 0) is 0 Å². The molecular weight excluding hydrogens is 527 g/mol. The highest BCUT2D eigenvalue weighted by molar-refractivity contribution is 6.35. The Bertz CT molecular complexity index is 1210. The maximum Gasteiger partial charge on any atom is 0.272 e. The first-order valence-corrected chi connectivity index (χ1v) is 13.8. The third-order valence-corrected chi connectivity index (χ3v) is 7.44. The second-order valence-electron chi connectivity index (χ2n) is 9.24. The summed E-state index contributed by atoms with van der Waals surface area (Å²) in [4.78, 5) is 13.1. The van der Waals surface area contributed by atoms with Crippen molar-refractivity contribution in [3.05, 3.63) is 81.4 Å². The first kappa shape index (κ1) is 29.2. The average molecular weight is 562 g/mol. The molecule has 2 unspecified atom stereocenters. The average Bonchev–Trinajstić information content (AvgIpc) is 3.21. The molecule has 0 fully saturated rings. The van der Waals surface area contributed by atoms with E-state index >= 15 is 0 Å². The molecule has 2 aromatic carbocycles. The van der Waals surface area contributed by atoms with Crippen molar-refractivity contribution >= 4 is 40.7 Å². The lowest BCUT2D eigenvalue weighted by atomic mass is 9.94. The van der Waals surface area contributed by atoms with Crippen LogP contribution in [-0.4, -0.2) is 34.8 Å². The standard InChI is InChI=1S/C29H35Cl3N4O/c1-5-9-21(6-2)20(4)33-16-7-8-17-34-29(37)27-19(3)28(22-10-12-23(30)13-11-22)36(35-27)26-15-14-24(31)18-25(26)32/h5,10-15,18,20-21,33H,1,6-9,16-17H2,2-4H3,(H,34,37). The molecule has 8 heteroatoms. The van der Waals surface area contributed by atoms with Gasteiger partial charge in [0, 0.05) is 33.8 Å². The van der Waals surface area contributed by atoms with Crippen LogP contribution in [0.4, 0.5) is 0 Å². The summed E-state index contributed by atoms with van der Waals surface area (Å²) in [5.41, 5.74) is 3.41. The molecule has 0 radical (unpaired) electrons. The fraction of sp³-hybridized carbons (Fsp3) is 0.379. The predicted octanol–water partition coefficient (Wildman–Crippen LogP) is 7.90. The zero-order valence-corrected chi connectivity index (χ0v) is 23.9. The molecule has 0 aliphatic rings. The van der Waals surface area contributed by atoms with Gasteiger partial charge in [-0.15, -0.1) is 6.58 Å². The molecule has 0 saturated carbocycles. The minimum absolute atomic E-state index is 0.213. The SMILES string of the molecule is C=CCC(CC)C(C)NCCCCNC(=O)c1nn(-c2ccc(Cl)cc2Cl)c(-c2ccc(Cl)cc2)c1C. The fourth-order valence-corrected chi connectivity index (χ4v) is 5.07. The number of hydrogen-bond acceptors (Lipinski definition) is 3. The van der Waals surface area contributed by atoms with Gasteiger partial charge in [0.15, 0.2) is 5.69 Å². The molecule has 2 N–H and O–H groups in total. The second-order valence-corrected chi connectivity index (χ2v) is 10.5. The van der Waals surface area contributed by atoms with Crippen LogP contribution in [0.5, 0.6) is 0 Å². The fourth-order valence-electron chi connectivity index (χ4n) is 4.46. The van der Waals surface area contributed by atoms with Crippen molar-refractivity contribution in [1.82, 2.24) is 20.4 Å². The molecule has 0 saturated heterocycles. The van der Waals surface area contributed by atoms with E-state index < -0.39 is 0 Å². The van der Waals surface area contributed by atoms with E-state index in [4.69, 9.17) is 34.8 Å². The van der Waals surface area contributed by atoms with Crippen LogP contribution in [0.1, 0.15) is 55.6 Å². The van der Waals surface area contributed by atoms with E-state index in [1.807, 2.05) is 37.3 Å². The molecule has 0 bridgehead atoms. The van der Waals surface area contributed by atoms with Crippen molar-refractivity contribution in [1.29, 1.82) is 0 Å². The normalized spacial score (nSPS) is 12.8. The molecule has 3 rings (SSSR count). The zero-order valence-electron chi connectivity index (χ0n) is 21.7. The van der Waals surface area contributed by atoms with Gasteiger partial charge in [-0.05, 0) is 75.9 Å². The van der Waals surface area contributed by atoms with Gasteiger partial charge in [0.25, 0.3) is 5.91 Å². The second kappa shape index (κ2) is 14.0. The molecule has 1 heterocycles. The molecule has 3 aromatic rings. The van der Waals surface area contributed by atoms with E-state index in [1.54, 1.807) is 22.9 Å². The molecule has 37 heavy (non-hydrogen) atoms. The summed E-state index contributed by atoms with van der Waals surface area (Å²) in [5, 5.41) is 12.9. The lowest BCUT2D eigenvalue weighted by Crippen LogP contribution is -2.34. The van der Waals surface area contributed by atoms with Crippen molar-refractivity contribution in [2.45, 2.75) is 52.5 Å². The number of halogens is 3. The van der Waals surface area contributed by atoms with E-state index in [2.05, 4.69) is 36.2 Å². The number of carbonyl (C=O) groups excluding carboxylic acids is 1. The number of nitrogens with zero attached hydrogens (tertiary/aromatic N) is 2. The Balaban J connectivity index is 1.70. The number of benzene rings is 2. The van der Waals surface area contributed by atoms with Gasteiger partial charge in [-0.1, -0.05) is 66.4 Å². The van der Waals surface area contributed by atoms with Gasteiger partial charge in [-0.25, -0.2) is 4.68 Å². The Morgan fingerprint density at radius 1 is 1.08 bits per heavy atom. The molecular formula is C29H35Cl3N4O. The lowest BCUT2D eigenvalue weighted by Gasteiger charge is -2.22. The van der Waals surface area contributed by atoms with Crippen LogP contribution < -0.4 is 10.6 Å². The van der Waals surface area contributed by atoms with E-state index in [1.165, 1.54) is 0 Å². The Morgan fingerprint density at radius 3 is 2.41 bits per heavy atom. The minimum atomic E-state index is -0.213. The summed E-state index contributed by atoms with van der Waals surface area (Å²) >= 11 is 18.7. The summed E-state index contributed by atoms with van der Waals surface area (Å²) < 4.78 is 1.70. The van der Waals surface area contributed by atoms with Gasteiger partial charge in [0.1, 0.15) is 0 Å². The van der Waals surface area contributed by atoms with Gasteiger partial charge in [0.2, 0.25) is 0 Å². The van der Waals surface area contributed by atoms with Crippen molar-refractivity contribution in [3.63, 3.8) is 0 Å². The molecule has 2 atom stereocenters. The zero-order chi connectivity index (χ0) is 26.9. The topological polar surface area (TPSA) is 58.9 Å². The molecule has 198 valence electrons. The third-order valence-electron chi connectivity index (χ3n) is 6.65. The Kier molecular flexibility index (Phi) is 11.1. The number of carbonyl (C=O) groups is 1. The van der Waals surface area contributed by atoms with E-state index in [9.17, 15) is 4.79 Å².